The minimum atomic E-state index is 0.353. The molecule has 0 fully saturated rings. The lowest BCUT2D eigenvalue weighted by Gasteiger charge is -2.04. The zero-order chi connectivity index (χ0) is 14.0. The lowest BCUT2D eigenvalue weighted by molar-refractivity contribution is 0.475. The first-order chi connectivity index (χ1) is 9.84. The van der Waals surface area contributed by atoms with Crippen molar-refractivity contribution in [3.8, 4) is 5.75 Å². The Morgan fingerprint density at radius 2 is 1.60 bits per heavy atom. The molecular formula is C17H24N2O. The molecule has 0 aliphatic rings. The Labute approximate surface area is 121 Å². The Hall–Kier alpha value is -1.77. The Bertz CT molecular complexity index is 462. The molecule has 0 aliphatic heterocycles. The first kappa shape index (κ1) is 14.6. The Morgan fingerprint density at radius 1 is 0.900 bits per heavy atom. The summed E-state index contributed by atoms with van der Waals surface area (Å²) in [6.45, 7) is 1.09. The van der Waals surface area contributed by atoms with Crippen LogP contribution in [0.5, 0.6) is 5.75 Å². The lowest BCUT2D eigenvalue weighted by atomic mass is 10.0. The van der Waals surface area contributed by atoms with Crippen LogP contribution in [0.1, 0.15) is 44.1 Å². The van der Waals surface area contributed by atoms with Gasteiger partial charge in [0, 0.05) is 18.9 Å². The third-order valence-corrected chi connectivity index (χ3v) is 3.63. The van der Waals surface area contributed by atoms with Crippen molar-refractivity contribution in [3.63, 3.8) is 0 Å². The highest BCUT2D eigenvalue weighted by atomic mass is 16.3. The summed E-state index contributed by atoms with van der Waals surface area (Å²) in [6, 6.07) is 7.57. The van der Waals surface area contributed by atoms with Crippen molar-refractivity contribution >= 4 is 0 Å². The molecule has 1 aromatic carbocycles. The van der Waals surface area contributed by atoms with Crippen LogP contribution in [0.4, 0.5) is 0 Å². The van der Waals surface area contributed by atoms with Gasteiger partial charge >= 0.3 is 0 Å². The molecule has 0 bridgehead atoms. The largest absolute Gasteiger partial charge is 0.508 e. The fourth-order valence-electron chi connectivity index (χ4n) is 2.41. The molecule has 20 heavy (non-hydrogen) atoms. The second kappa shape index (κ2) is 8.41. The van der Waals surface area contributed by atoms with Gasteiger partial charge in [0.15, 0.2) is 0 Å². The summed E-state index contributed by atoms with van der Waals surface area (Å²) in [4.78, 5) is 4.04. The SMILES string of the molecule is Oc1ccc(CCCCCCCCn2ccnc2)cc1. The maximum atomic E-state index is 9.21. The summed E-state index contributed by atoms with van der Waals surface area (Å²) in [5.41, 5.74) is 1.32. The van der Waals surface area contributed by atoms with Crippen molar-refractivity contribution in [3.05, 3.63) is 48.5 Å². The van der Waals surface area contributed by atoms with Crippen LogP contribution in [0.25, 0.3) is 0 Å². The van der Waals surface area contributed by atoms with Crippen molar-refractivity contribution < 1.29 is 5.11 Å². The van der Waals surface area contributed by atoms with Crippen LogP contribution in [0.3, 0.4) is 0 Å². The van der Waals surface area contributed by atoms with E-state index in [0.29, 0.717) is 5.75 Å². The average molecular weight is 272 g/mol. The molecule has 2 rings (SSSR count). The first-order valence-electron chi connectivity index (χ1n) is 7.58. The molecule has 2 aromatic rings. The molecular weight excluding hydrogens is 248 g/mol. The van der Waals surface area contributed by atoms with Crippen molar-refractivity contribution in [1.82, 2.24) is 9.55 Å². The minimum absolute atomic E-state index is 0.353. The summed E-state index contributed by atoms with van der Waals surface area (Å²) in [5.74, 6) is 0.353. The molecule has 0 spiro atoms. The summed E-state index contributed by atoms with van der Waals surface area (Å²) in [5, 5.41) is 9.21. The number of hydrogen-bond acceptors (Lipinski definition) is 2. The standard InChI is InChI=1S/C17H24N2O/c20-17-10-8-16(9-11-17)7-5-3-1-2-4-6-13-19-14-12-18-15-19/h8-12,14-15,20H,1-7,13H2. The average Bonchev–Trinajstić information content (AvgIpc) is 2.97. The number of imidazole rings is 1. The molecule has 0 aliphatic carbocycles. The summed E-state index contributed by atoms with van der Waals surface area (Å²) in [7, 11) is 0. The van der Waals surface area contributed by atoms with Crippen LogP contribution < -0.4 is 0 Å². The highest BCUT2D eigenvalue weighted by molar-refractivity contribution is 5.25. The van der Waals surface area contributed by atoms with Gasteiger partial charge < -0.3 is 9.67 Å². The second-order valence-electron chi connectivity index (χ2n) is 5.34. The molecule has 0 amide bonds. The van der Waals surface area contributed by atoms with E-state index in [1.54, 1.807) is 12.1 Å². The fourth-order valence-corrected chi connectivity index (χ4v) is 2.41. The molecule has 0 atom stereocenters. The van der Waals surface area contributed by atoms with Gasteiger partial charge in [-0.3, -0.25) is 0 Å². The van der Waals surface area contributed by atoms with E-state index in [1.807, 2.05) is 30.9 Å². The van der Waals surface area contributed by atoms with Gasteiger partial charge in [-0.2, -0.15) is 0 Å². The third kappa shape index (κ3) is 5.47. The Kier molecular flexibility index (Phi) is 6.15. The van der Waals surface area contributed by atoms with Crippen molar-refractivity contribution in [2.45, 2.75) is 51.5 Å². The van der Waals surface area contributed by atoms with E-state index in [2.05, 4.69) is 9.55 Å². The molecule has 1 aromatic heterocycles. The van der Waals surface area contributed by atoms with E-state index in [9.17, 15) is 5.11 Å². The molecule has 1 N–H and O–H groups in total. The van der Waals surface area contributed by atoms with Gasteiger partial charge in [-0.1, -0.05) is 37.8 Å². The molecule has 0 saturated heterocycles. The maximum absolute atomic E-state index is 9.21. The van der Waals surface area contributed by atoms with Crippen LogP contribution in [0.2, 0.25) is 0 Å². The van der Waals surface area contributed by atoms with Gasteiger partial charge in [0.05, 0.1) is 6.33 Å². The van der Waals surface area contributed by atoms with E-state index in [0.717, 1.165) is 13.0 Å². The predicted molar refractivity (Wildman–Crippen MR) is 81.7 cm³/mol. The Morgan fingerprint density at radius 3 is 2.30 bits per heavy atom. The minimum Gasteiger partial charge on any atom is -0.508 e. The number of aryl methyl sites for hydroxylation is 2. The fraction of sp³-hybridized carbons (Fsp3) is 0.471. The van der Waals surface area contributed by atoms with Gasteiger partial charge in [0.1, 0.15) is 5.75 Å². The lowest BCUT2D eigenvalue weighted by Crippen LogP contribution is -1.94. The first-order valence-corrected chi connectivity index (χ1v) is 7.58. The molecule has 3 heteroatoms. The third-order valence-electron chi connectivity index (χ3n) is 3.63. The van der Waals surface area contributed by atoms with Crippen molar-refractivity contribution in [2.24, 2.45) is 0 Å². The number of benzene rings is 1. The number of phenolic OH excluding ortho intramolecular Hbond substituents is 1. The monoisotopic (exact) mass is 272 g/mol. The summed E-state index contributed by atoms with van der Waals surface area (Å²) >= 11 is 0. The molecule has 0 saturated carbocycles. The quantitative estimate of drug-likeness (QED) is 0.696. The number of rotatable bonds is 9. The van der Waals surface area contributed by atoms with E-state index < -0.39 is 0 Å². The zero-order valence-electron chi connectivity index (χ0n) is 12.0. The Balaban J connectivity index is 1.44. The van der Waals surface area contributed by atoms with E-state index in [4.69, 9.17) is 0 Å². The number of unbranched alkanes of at least 4 members (excludes halogenated alkanes) is 5. The number of phenols is 1. The van der Waals surface area contributed by atoms with E-state index in [1.165, 1.54) is 44.1 Å². The number of hydrogen-bond donors (Lipinski definition) is 1. The topological polar surface area (TPSA) is 38.0 Å². The van der Waals surface area contributed by atoms with Gasteiger partial charge in [0.2, 0.25) is 0 Å². The molecule has 0 unspecified atom stereocenters. The molecule has 108 valence electrons. The van der Waals surface area contributed by atoms with Gasteiger partial charge in [0.25, 0.3) is 0 Å². The van der Waals surface area contributed by atoms with Gasteiger partial charge in [-0.25, -0.2) is 4.98 Å². The van der Waals surface area contributed by atoms with E-state index >= 15 is 0 Å². The molecule has 0 radical (unpaired) electrons. The van der Waals surface area contributed by atoms with Crippen LogP contribution in [0.15, 0.2) is 43.0 Å². The highest BCUT2D eigenvalue weighted by Crippen LogP contribution is 2.13. The van der Waals surface area contributed by atoms with Gasteiger partial charge in [-0.05, 0) is 37.0 Å². The van der Waals surface area contributed by atoms with Gasteiger partial charge in [-0.15, -0.1) is 0 Å². The predicted octanol–water partition coefficient (Wildman–Crippen LogP) is 4.17. The van der Waals surface area contributed by atoms with Crippen LogP contribution in [-0.4, -0.2) is 14.7 Å². The van der Waals surface area contributed by atoms with Crippen LogP contribution in [-0.2, 0) is 13.0 Å². The van der Waals surface area contributed by atoms with Crippen molar-refractivity contribution in [1.29, 1.82) is 0 Å². The number of aromatic hydroxyl groups is 1. The van der Waals surface area contributed by atoms with Crippen LogP contribution >= 0.6 is 0 Å². The zero-order valence-corrected chi connectivity index (χ0v) is 12.0. The maximum Gasteiger partial charge on any atom is 0.115 e. The second-order valence-corrected chi connectivity index (χ2v) is 5.34. The molecule has 1 heterocycles. The van der Waals surface area contributed by atoms with E-state index in [-0.39, 0.29) is 0 Å². The molecule has 3 nitrogen and oxygen atoms in total. The van der Waals surface area contributed by atoms with Crippen LogP contribution in [0, 0.1) is 0 Å². The highest BCUT2D eigenvalue weighted by Gasteiger charge is 1.95. The smallest absolute Gasteiger partial charge is 0.115 e. The number of nitrogens with zero attached hydrogens (tertiary/aromatic N) is 2. The summed E-state index contributed by atoms with van der Waals surface area (Å²) < 4.78 is 2.14. The normalized spacial score (nSPS) is 10.8. The summed E-state index contributed by atoms with van der Waals surface area (Å²) in [6.07, 6.45) is 14.6. The van der Waals surface area contributed by atoms with Crippen molar-refractivity contribution in [2.75, 3.05) is 0 Å². The number of aromatic nitrogens is 2.